The standard InChI is InChI=1S/C25H14F6N4O4.ClH.Mn/c1-39-23(38)19-12-4-8-16(34-12)20(24(26,27)28)14-6-2-10(32-14)18(22(36)37)11-3-7-15(33-11)21(25(29,30)31)17-9-5-13(19)35-17;;/h2-9,32-33H,1H3,(H,36,37);1H;/p-1. The van der Waals surface area contributed by atoms with Crippen LogP contribution in [0.1, 0.15) is 54.6 Å². The van der Waals surface area contributed by atoms with E-state index in [0.717, 1.165) is 55.7 Å². The van der Waals surface area contributed by atoms with Gasteiger partial charge in [-0.05, 0) is 48.6 Å². The topological polar surface area (TPSA) is 121 Å². The fourth-order valence-corrected chi connectivity index (χ4v) is 4.34. The molecule has 0 amide bonds. The number of ether oxygens (including phenoxy) is 1. The first-order valence-electron chi connectivity index (χ1n) is 10.9. The maximum absolute atomic E-state index is 14.2. The molecule has 8 nitrogen and oxygen atoms in total. The number of hydrogen-bond acceptors (Lipinski definition) is 5. The Morgan fingerprint density at radius 1 is 0.707 bits per heavy atom. The van der Waals surface area contributed by atoms with E-state index in [1.54, 1.807) is 0 Å². The Balaban J connectivity index is 0.00000231. The second kappa shape index (κ2) is 11.1. The van der Waals surface area contributed by atoms with Crippen molar-refractivity contribution >= 4 is 58.3 Å². The molecule has 3 aromatic heterocycles. The summed E-state index contributed by atoms with van der Waals surface area (Å²) >= 11 is 0. The molecule has 0 saturated heterocycles. The number of carbonyl (C=O) groups is 2. The number of halogens is 7. The van der Waals surface area contributed by atoms with Crippen molar-refractivity contribution in [2.75, 3.05) is 7.11 Å². The third-order valence-electron chi connectivity index (χ3n) is 5.92. The van der Waals surface area contributed by atoms with Gasteiger partial charge in [-0.2, -0.15) is 26.3 Å². The zero-order chi connectivity index (χ0) is 28.3. The molecule has 3 aromatic rings. The summed E-state index contributed by atoms with van der Waals surface area (Å²) in [4.78, 5) is 37.3. The van der Waals surface area contributed by atoms with Crippen molar-refractivity contribution in [2.45, 2.75) is 12.4 Å². The summed E-state index contributed by atoms with van der Waals surface area (Å²) in [6.45, 7) is 0. The molecule has 1 radical (unpaired) electrons. The van der Waals surface area contributed by atoms with Crippen LogP contribution in [0.25, 0.3) is 46.4 Å². The summed E-state index contributed by atoms with van der Waals surface area (Å²) in [5, 5.41) is 9.81. The fourth-order valence-electron chi connectivity index (χ4n) is 4.34. The molecule has 5 heterocycles. The van der Waals surface area contributed by atoms with Crippen LogP contribution in [0.4, 0.5) is 26.3 Å². The molecule has 3 N–H and O–H groups in total. The number of alkyl halides is 6. The van der Waals surface area contributed by atoms with Crippen molar-refractivity contribution in [1.82, 2.24) is 19.9 Å². The van der Waals surface area contributed by atoms with E-state index in [9.17, 15) is 41.0 Å². The van der Waals surface area contributed by atoms with Crippen molar-refractivity contribution in [3.63, 3.8) is 0 Å². The van der Waals surface area contributed by atoms with Gasteiger partial charge >= 0.3 is 24.3 Å². The van der Waals surface area contributed by atoms with Gasteiger partial charge in [-0.25, -0.2) is 19.6 Å². The Morgan fingerprint density at radius 2 is 1.07 bits per heavy atom. The maximum atomic E-state index is 14.2. The van der Waals surface area contributed by atoms with Crippen LogP contribution in [-0.4, -0.2) is 44.1 Å². The number of nitrogens with one attached hydrogen (secondary N) is 2. The molecule has 0 fully saturated rings. The smallest absolute Gasteiger partial charge is 0.420 e. The number of carboxylic acids is 1. The number of carbonyl (C=O) groups excluding carboxylic acids is 1. The monoisotopic (exact) mass is 638 g/mol. The number of rotatable bonds is 2. The summed E-state index contributed by atoms with van der Waals surface area (Å²) in [6.07, 6.45) is -5.88. The van der Waals surface area contributed by atoms with E-state index in [4.69, 9.17) is 4.74 Å². The first kappa shape index (κ1) is 31.5. The average Bonchev–Trinajstić information content (AvgIpc) is 3.62. The van der Waals surface area contributed by atoms with Crippen LogP contribution in [0.2, 0.25) is 0 Å². The number of methoxy groups -OCH3 is 1. The molecule has 0 unspecified atom stereocenters. The van der Waals surface area contributed by atoms with E-state index in [0.29, 0.717) is 0 Å². The number of carboxylic acid groups (broad SMARTS) is 1. The quantitative estimate of drug-likeness (QED) is 0.155. The zero-order valence-electron chi connectivity index (χ0n) is 20.2. The van der Waals surface area contributed by atoms with Gasteiger partial charge in [-0.1, -0.05) is 0 Å². The van der Waals surface area contributed by atoms with Crippen LogP contribution in [0, 0.1) is 0 Å². The fraction of sp³-hybridized carbons (Fsp3) is 0.120. The van der Waals surface area contributed by atoms with Crippen molar-refractivity contribution < 1.29 is 75.3 Å². The Kier molecular flexibility index (Phi) is 8.49. The molecule has 0 saturated carbocycles. The number of fused-ring (bicyclic) bond motifs is 8. The molecule has 0 aliphatic carbocycles. The SMILES string of the molecule is COC(=O)c1c2nc(c(C(F)(F)F)c3ccc([nH]3)c(C(=O)O)c3ccc([nH]3)c(C(F)(F)F)c3nc1C=C3)C=C2.[Cl-].[Mn]. The van der Waals surface area contributed by atoms with Gasteiger partial charge in [0.25, 0.3) is 0 Å². The average molecular weight is 639 g/mol. The van der Waals surface area contributed by atoms with Gasteiger partial charge in [0.2, 0.25) is 0 Å². The normalized spacial score (nSPS) is 12.5. The number of esters is 1. The van der Waals surface area contributed by atoms with Gasteiger partial charge in [0.05, 0.1) is 52.0 Å². The van der Waals surface area contributed by atoms with Crippen LogP contribution in [0.3, 0.4) is 0 Å². The van der Waals surface area contributed by atoms with E-state index in [-0.39, 0.29) is 51.9 Å². The minimum absolute atomic E-state index is 0. The molecule has 41 heavy (non-hydrogen) atoms. The minimum atomic E-state index is -4.98. The molecule has 0 atom stereocenters. The maximum Gasteiger partial charge on any atom is 0.420 e. The van der Waals surface area contributed by atoms with Crippen LogP contribution in [-0.2, 0) is 34.2 Å². The third kappa shape index (κ3) is 5.60. The van der Waals surface area contributed by atoms with Crippen LogP contribution in [0.5, 0.6) is 0 Å². The van der Waals surface area contributed by atoms with E-state index in [1.165, 1.54) is 0 Å². The molecule has 8 bridgehead atoms. The Labute approximate surface area is 242 Å². The molecular formula is C25H14ClF6MnN4O4-. The molecule has 16 heteroatoms. The summed E-state index contributed by atoms with van der Waals surface area (Å²) in [7, 11) is 0.986. The Hall–Kier alpha value is -4.07. The number of aromatic amines is 2. The van der Waals surface area contributed by atoms with Crippen LogP contribution in [0.15, 0.2) is 24.3 Å². The molecular weight excluding hydrogens is 625 g/mol. The van der Waals surface area contributed by atoms with Crippen molar-refractivity contribution in [2.24, 2.45) is 0 Å². The Bertz CT molecular complexity index is 1680. The number of hydrogen-bond donors (Lipinski definition) is 3. The molecule has 0 spiro atoms. The summed E-state index contributed by atoms with van der Waals surface area (Å²) < 4.78 is 90.0. The number of H-pyrrole nitrogens is 2. The number of aromatic nitrogens is 4. The van der Waals surface area contributed by atoms with Crippen LogP contribution >= 0.6 is 0 Å². The zero-order valence-corrected chi connectivity index (χ0v) is 22.1. The summed E-state index contributed by atoms with van der Waals surface area (Å²) in [5.74, 6) is -2.70. The predicted molar refractivity (Wildman–Crippen MR) is 127 cm³/mol. The van der Waals surface area contributed by atoms with Gasteiger partial charge in [0.1, 0.15) is 22.3 Å². The van der Waals surface area contributed by atoms with E-state index in [1.807, 2.05) is 0 Å². The van der Waals surface area contributed by atoms with Gasteiger partial charge in [0, 0.05) is 17.1 Å². The second-order valence-electron chi connectivity index (χ2n) is 8.29. The van der Waals surface area contributed by atoms with Crippen molar-refractivity contribution in [3.05, 3.63) is 69.3 Å². The van der Waals surface area contributed by atoms with Crippen molar-refractivity contribution in [1.29, 1.82) is 0 Å². The molecule has 215 valence electrons. The van der Waals surface area contributed by atoms with Gasteiger partial charge in [-0.15, -0.1) is 0 Å². The third-order valence-corrected chi connectivity index (χ3v) is 5.92. The van der Waals surface area contributed by atoms with Crippen LogP contribution < -0.4 is 12.4 Å². The first-order chi connectivity index (χ1) is 18.3. The number of aromatic carboxylic acids is 1. The summed E-state index contributed by atoms with van der Waals surface area (Å²) in [6, 6.07) is 4.05. The second-order valence-corrected chi connectivity index (χ2v) is 8.29. The molecule has 2 aliphatic heterocycles. The molecule has 2 aliphatic rings. The predicted octanol–water partition coefficient (Wildman–Crippen LogP) is 3.18. The minimum Gasteiger partial charge on any atom is -1.00 e. The van der Waals surface area contributed by atoms with E-state index < -0.39 is 69.0 Å². The number of nitrogens with zero attached hydrogens (tertiary/aromatic N) is 2. The van der Waals surface area contributed by atoms with Gasteiger partial charge < -0.3 is 32.2 Å². The van der Waals surface area contributed by atoms with Crippen molar-refractivity contribution in [3.8, 4) is 0 Å². The van der Waals surface area contributed by atoms with Gasteiger partial charge in [0.15, 0.2) is 0 Å². The summed E-state index contributed by atoms with van der Waals surface area (Å²) in [5.41, 5.74) is -7.24. The van der Waals surface area contributed by atoms with E-state index in [2.05, 4.69) is 19.9 Å². The van der Waals surface area contributed by atoms with E-state index >= 15 is 0 Å². The molecule has 0 aromatic carbocycles. The first-order valence-corrected chi connectivity index (χ1v) is 10.9. The Morgan fingerprint density at radius 3 is 1.41 bits per heavy atom. The van der Waals surface area contributed by atoms with Gasteiger partial charge in [-0.3, -0.25) is 0 Å². The largest absolute Gasteiger partial charge is 1.00 e. The molecule has 5 rings (SSSR count).